The highest BCUT2D eigenvalue weighted by Gasteiger charge is 2.23. The number of hydrogen-bond acceptors (Lipinski definition) is 4. The van der Waals surface area contributed by atoms with Crippen molar-refractivity contribution in [2.75, 3.05) is 5.32 Å². The standard InChI is InChI=1S/C26H25FN4OS/c1-16-12-14-20(15-13-16)31-24(21-10-5-6-11-22(21)27)29-30-26(31)33-19(4)25(32)28-23-17(2)8-7-9-18(23)3/h5-15,19H,1-4H3,(H,28,32). The summed E-state index contributed by atoms with van der Waals surface area (Å²) in [5.41, 5.74) is 5.09. The number of halogens is 1. The lowest BCUT2D eigenvalue weighted by atomic mass is 10.1. The summed E-state index contributed by atoms with van der Waals surface area (Å²) < 4.78 is 16.4. The van der Waals surface area contributed by atoms with Crippen molar-refractivity contribution in [3.63, 3.8) is 0 Å². The van der Waals surface area contributed by atoms with Gasteiger partial charge in [-0.1, -0.05) is 59.8 Å². The molecule has 0 radical (unpaired) electrons. The number of benzene rings is 3. The van der Waals surface area contributed by atoms with Crippen LogP contribution in [0, 0.1) is 26.6 Å². The molecule has 1 aromatic heterocycles. The van der Waals surface area contributed by atoms with Gasteiger partial charge < -0.3 is 5.32 Å². The van der Waals surface area contributed by atoms with Crippen molar-refractivity contribution < 1.29 is 9.18 Å². The van der Waals surface area contributed by atoms with Gasteiger partial charge in [-0.3, -0.25) is 9.36 Å². The maximum Gasteiger partial charge on any atom is 0.237 e. The number of nitrogens with zero attached hydrogens (tertiary/aromatic N) is 3. The molecule has 1 heterocycles. The monoisotopic (exact) mass is 460 g/mol. The fourth-order valence-electron chi connectivity index (χ4n) is 3.54. The van der Waals surface area contributed by atoms with Gasteiger partial charge in [-0.25, -0.2) is 4.39 Å². The van der Waals surface area contributed by atoms with Crippen molar-refractivity contribution in [2.24, 2.45) is 0 Å². The molecule has 0 saturated carbocycles. The summed E-state index contributed by atoms with van der Waals surface area (Å²) in [5.74, 6) is -0.124. The van der Waals surface area contributed by atoms with Crippen LogP contribution in [0.1, 0.15) is 23.6 Å². The second kappa shape index (κ2) is 9.58. The van der Waals surface area contributed by atoms with E-state index in [2.05, 4.69) is 15.5 Å². The molecule has 0 saturated heterocycles. The highest BCUT2D eigenvalue weighted by Crippen LogP contribution is 2.32. The second-order valence-electron chi connectivity index (χ2n) is 7.97. The molecule has 3 aromatic carbocycles. The molecule has 0 fully saturated rings. The largest absolute Gasteiger partial charge is 0.325 e. The Labute approximate surface area is 197 Å². The Hall–Kier alpha value is -3.45. The lowest BCUT2D eigenvalue weighted by Gasteiger charge is -2.16. The van der Waals surface area contributed by atoms with Crippen LogP contribution in [0.25, 0.3) is 17.1 Å². The Morgan fingerprint density at radius 1 is 0.939 bits per heavy atom. The van der Waals surface area contributed by atoms with Crippen molar-refractivity contribution in [3.05, 3.63) is 89.2 Å². The number of aromatic nitrogens is 3. The van der Waals surface area contributed by atoms with Crippen LogP contribution in [0.15, 0.2) is 71.9 Å². The van der Waals surface area contributed by atoms with Crippen LogP contribution in [0.4, 0.5) is 10.1 Å². The van der Waals surface area contributed by atoms with Crippen LogP contribution in [-0.4, -0.2) is 25.9 Å². The minimum absolute atomic E-state index is 0.136. The number of para-hydroxylation sites is 1. The second-order valence-corrected chi connectivity index (χ2v) is 9.28. The molecule has 0 aliphatic rings. The molecule has 0 aliphatic heterocycles. The van der Waals surface area contributed by atoms with E-state index in [9.17, 15) is 9.18 Å². The SMILES string of the molecule is Cc1ccc(-n2c(SC(C)C(=O)Nc3c(C)cccc3C)nnc2-c2ccccc2F)cc1. The van der Waals surface area contributed by atoms with Gasteiger partial charge in [0.25, 0.3) is 0 Å². The molecule has 1 amide bonds. The van der Waals surface area contributed by atoms with Crippen LogP contribution in [0.2, 0.25) is 0 Å². The fraction of sp³-hybridized carbons (Fsp3) is 0.192. The Kier molecular flexibility index (Phi) is 6.60. The Morgan fingerprint density at radius 3 is 2.27 bits per heavy atom. The molecule has 0 aliphatic carbocycles. The lowest BCUT2D eigenvalue weighted by Crippen LogP contribution is -2.23. The summed E-state index contributed by atoms with van der Waals surface area (Å²) in [7, 11) is 0. The van der Waals surface area contributed by atoms with Gasteiger partial charge in [-0.15, -0.1) is 10.2 Å². The van der Waals surface area contributed by atoms with E-state index >= 15 is 0 Å². The average molecular weight is 461 g/mol. The highest BCUT2D eigenvalue weighted by molar-refractivity contribution is 8.00. The number of hydrogen-bond donors (Lipinski definition) is 1. The van der Waals surface area contributed by atoms with Gasteiger partial charge in [0.05, 0.1) is 10.8 Å². The van der Waals surface area contributed by atoms with E-state index in [-0.39, 0.29) is 11.7 Å². The van der Waals surface area contributed by atoms with Crippen LogP contribution >= 0.6 is 11.8 Å². The predicted molar refractivity (Wildman–Crippen MR) is 131 cm³/mol. The zero-order valence-corrected chi connectivity index (χ0v) is 19.8. The molecule has 168 valence electrons. The first-order valence-corrected chi connectivity index (χ1v) is 11.5. The average Bonchev–Trinajstić information content (AvgIpc) is 3.20. The summed E-state index contributed by atoms with van der Waals surface area (Å²) in [5, 5.41) is 11.7. The zero-order chi connectivity index (χ0) is 23.5. The molecular formula is C26H25FN4OS. The maximum atomic E-state index is 14.6. The van der Waals surface area contributed by atoms with Gasteiger partial charge in [0.1, 0.15) is 5.82 Å². The van der Waals surface area contributed by atoms with Gasteiger partial charge in [0, 0.05) is 11.4 Å². The summed E-state index contributed by atoms with van der Waals surface area (Å²) >= 11 is 1.28. The van der Waals surface area contributed by atoms with Gasteiger partial charge in [-0.2, -0.15) is 0 Å². The van der Waals surface area contributed by atoms with E-state index in [0.717, 1.165) is 28.1 Å². The summed E-state index contributed by atoms with van der Waals surface area (Å²) in [6.07, 6.45) is 0. The van der Waals surface area contributed by atoms with Gasteiger partial charge in [0.2, 0.25) is 5.91 Å². The summed E-state index contributed by atoms with van der Waals surface area (Å²) in [4.78, 5) is 13.0. The van der Waals surface area contributed by atoms with Crippen molar-refractivity contribution in [2.45, 2.75) is 38.1 Å². The molecule has 4 aromatic rings. The molecule has 7 heteroatoms. The minimum atomic E-state index is -0.453. The maximum absolute atomic E-state index is 14.6. The number of carbonyl (C=O) groups is 1. The van der Waals surface area contributed by atoms with Gasteiger partial charge in [0.15, 0.2) is 11.0 Å². The topological polar surface area (TPSA) is 59.8 Å². The van der Waals surface area contributed by atoms with Gasteiger partial charge in [-0.05, 0) is 63.1 Å². The molecule has 0 spiro atoms. The molecule has 5 nitrogen and oxygen atoms in total. The van der Waals surface area contributed by atoms with Crippen molar-refractivity contribution in [1.82, 2.24) is 14.8 Å². The highest BCUT2D eigenvalue weighted by atomic mass is 32.2. The Bertz CT molecular complexity index is 1280. The summed E-state index contributed by atoms with van der Waals surface area (Å²) in [6, 6.07) is 20.2. The first-order valence-electron chi connectivity index (χ1n) is 10.7. The number of amides is 1. The number of rotatable bonds is 6. The minimum Gasteiger partial charge on any atom is -0.325 e. The normalized spacial score (nSPS) is 11.9. The molecule has 33 heavy (non-hydrogen) atoms. The third-order valence-electron chi connectivity index (χ3n) is 5.42. The van der Waals surface area contributed by atoms with Crippen LogP contribution in [0.5, 0.6) is 0 Å². The van der Waals surface area contributed by atoms with Crippen LogP contribution in [0.3, 0.4) is 0 Å². The molecular weight excluding hydrogens is 435 g/mol. The lowest BCUT2D eigenvalue weighted by molar-refractivity contribution is -0.115. The van der Waals surface area contributed by atoms with E-state index in [4.69, 9.17) is 0 Å². The number of anilines is 1. The molecule has 0 bridgehead atoms. The third kappa shape index (κ3) is 4.83. The molecule has 1 N–H and O–H groups in total. The van der Waals surface area contributed by atoms with E-state index in [1.54, 1.807) is 22.8 Å². The quantitative estimate of drug-likeness (QED) is 0.352. The van der Waals surface area contributed by atoms with E-state index in [0.29, 0.717) is 16.5 Å². The predicted octanol–water partition coefficient (Wildman–Crippen LogP) is 6.12. The van der Waals surface area contributed by atoms with E-state index in [1.165, 1.54) is 17.8 Å². The number of aryl methyl sites for hydroxylation is 3. The molecule has 1 unspecified atom stereocenters. The fourth-order valence-corrected chi connectivity index (χ4v) is 4.41. The first kappa shape index (κ1) is 22.7. The van der Waals surface area contributed by atoms with Gasteiger partial charge >= 0.3 is 0 Å². The molecule has 4 rings (SSSR count). The number of nitrogens with one attached hydrogen (secondary N) is 1. The Morgan fingerprint density at radius 2 is 1.61 bits per heavy atom. The van der Waals surface area contributed by atoms with E-state index < -0.39 is 5.25 Å². The van der Waals surface area contributed by atoms with Crippen molar-refractivity contribution in [1.29, 1.82) is 0 Å². The third-order valence-corrected chi connectivity index (χ3v) is 6.46. The van der Waals surface area contributed by atoms with Crippen LogP contribution < -0.4 is 5.32 Å². The van der Waals surface area contributed by atoms with Crippen LogP contribution in [-0.2, 0) is 4.79 Å². The van der Waals surface area contributed by atoms with E-state index in [1.807, 2.05) is 70.2 Å². The van der Waals surface area contributed by atoms with Crippen molar-refractivity contribution in [3.8, 4) is 17.1 Å². The first-order chi connectivity index (χ1) is 15.8. The summed E-state index contributed by atoms with van der Waals surface area (Å²) in [6.45, 7) is 7.76. The number of thioether (sulfide) groups is 1. The zero-order valence-electron chi connectivity index (χ0n) is 19.0. The smallest absolute Gasteiger partial charge is 0.237 e. The molecule has 1 atom stereocenters. The Balaban J connectivity index is 1.68. The number of carbonyl (C=O) groups excluding carboxylic acids is 1. The van der Waals surface area contributed by atoms with Crippen molar-refractivity contribution >= 4 is 23.4 Å².